The summed E-state index contributed by atoms with van der Waals surface area (Å²) in [5.74, 6) is 0.186. The van der Waals surface area contributed by atoms with Crippen molar-refractivity contribution in [1.29, 1.82) is 0 Å². The Hall–Kier alpha value is -2.36. The summed E-state index contributed by atoms with van der Waals surface area (Å²) in [5.41, 5.74) is 0.397. The van der Waals surface area contributed by atoms with Crippen LogP contribution in [0.1, 0.15) is 5.56 Å². The zero-order chi connectivity index (χ0) is 14.2. The van der Waals surface area contributed by atoms with E-state index < -0.39 is 0 Å². The molecular formula is C16H16FNO2. The number of para-hydroxylation sites is 1. The minimum absolute atomic E-state index is 0.0397. The van der Waals surface area contributed by atoms with Crippen molar-refractivity contribution in [2.45, 2.75) is 6.42 Å². The molecule has 0 aliphatic heterocycles. The van der Waals surface area contributed by atoms with Gasteiger partial charge in [0, 0.05) is 0 Å². The minimum atomic E-state index is -0.358. The number of rotatable bonds is 6. The molecule has 0 spiro atoms. The molecule has 1 amide bonds. The van der Waals surface area contributed by atoms with Crippen molar-refractivity contribution < 1.29 is 13.9 Å². The first-order valence-electron chi connectivity index (χ1n) is 6.43. The summed E-state index contributed by atoms with van der Waals surface area (Å²) in [5, 5.41) is 2.70. The third kappa shape index (κ3) is 4.39. The van der Waals surface area contributed by atoms with Gasteiger partial charge in [0.1, 0.15) is 18.2 Å². The van der Waals surface area contributed by atoms with Gasteiger partial charge in [-0.25, -0.2) is 4.39 Å². The fourth-order valence-electron chi connectivity index (χ4n) is 1.75. The summed E-state index contributed by atoms with van der Waals surface area (Å²) >= 11 is 0. The zero-order valence-corrected chi connectivity index (χ0v) is 11.0. The number of benzene rings is 2. The van der Waals surface area contributed by atoms with Gasteiger partial charge in [0.15, 0.2) is 0 Å². The van der Waals surface area contributed by atoms with Gasteiger partial charge >= 0.3 is 0 Å². The van der Waals surface area contributed by atoms with Gasteiger partial charge in [0.25, 0.3) is 0 Å². The molecular weight excluding hydrogens is 257 g/mol. The van der Waals surface area contributed by atoms with Gasteiger partial charge in [0.05, 0.1) is 13.0 Å². The molecule has 0 bridgehead atoms. The number of hydrogen-bond acceptors (Lipinski definition) is 2. The van der Waals surface area contributed by atoms with Gasteiger partial charge < -0.3 is 10.1 Å². The van der Waals surface area contributed by atoms with Crippen LogP contribution >= 0.6 is 0 Å². The van der Waals surface area contributed by atoms with Gasteiger partial charge in [-0.2, -0.15) is 0 Å². The molecule has 0 heterocycles. The summed E-state index contributed by atoms with van der Waals surface area (Å²) in [6.07, 6.45) is 0.0397. The Bertz CT molecular complexity index is 557. The molecule has 4 heteroatoms. The third-order valence-corrected chi connectivity index (χ3v) is 2.75. The summed E-state index contributed by atoms with van der Waals surface area (Å²) in [7, 11) is 0. The fraction of sp³-hybridized carbons (Fsp3) is 0.188. The van der Waals surface area contributed by atoms with Crippen molar-refractivity contribution in [1.82, 2.24) is 5.32 Å². The van der Waals surface area contributed by atoms with Crippen LogP contribution in [0.15, 0.2) is 54.6 Å². The second-order valence-electron chi connectivity index (χ2n) is 4.28. The Morgan fingerprint density at radius 2 is 1.75 bits per heavy atom. The minimum Gasteiger partial charge on any atom is -0.492 e. The van der Waals surface area contributed by atoms with Crippen molar-refractivity contribution >= 4 is 5.91 Å². The maximum absolute atomic E-state index is 13.4. The Morgan fingerprint density at radius 3 is 2.50 bits per heavy atom. The first-order valence-corrected chi connectivity index (χ1v) is 6.43. The van der Waals surface area contributed by atoms with Gasteiger partial charge in [-0.3, -0.25) is 4.79 Å². The van der Waals surface area contributed by atoms with Crippen LogP contribution in [0, 0.1) is 5.82 Å². The second kappa shape index (κ2) is 7.28. The zero-order valence-electron chi connectivity index (χ0n) is 11.0. The van der Waals surface area contributed by atoms with Crippen molar-refractivity contribution in [2.24, 2.45) is 0 Å². The maximum Gasteiger partial charge on any atom is 0.224 e. The molecule has 1 N–H and O–H groups in total. The second-order valence-corrected chi connectivity index (χ2v) is 4.28. The molecule has 0 fully saturated rings. The Morgan fingerprint density at radius 1 is 1.05 bits per heavy atom. The van der Waals surface area contributed by atoms with Crippen LogP contribution in [0.25, 0.3) is 0 Å². The Balaban J connectivity index is 1.69. The molecule has 0 aromatic heterocycles. The number of carbonyl (C=O) groups excluding carboxylic acids is 1. The van der Waals surface area contributed by atoms with E-state index >= 15 is 0 Å². The lowest BCUT2D eigenvalue weighted by Gasteiger charge is -2.08. The smallest absolute Gasteiger partial charge is 0.224 e. The fourth-order valence-corrected chi connectivity index (χ4v) is 1.75. The molecule has 0 unspecified atom stereocenters. The van der Waals surface area contributed by atoms with E-state index in [-0.39, 0.29) is 18.1 Å². The Labute approximate surface area is 117 Å². The van der Waals surface area contributed by atoms with Crippen molar-refractivity contribution in [3.8, 4) is 5.75 Å². The highest BCUT2D eigenvalue weighted by Gasteiger charge is 2.06. The predicted octanol–water partition coefficient (Wildman–Crippen LogP) is 2.56. The number of amides is 1. The molecule has 2 rings (SSSR count). The van der Waals surface area contributed by atoms with Gasteiger partial charge in [0.2, 0.25) is 5.91 Å². The number of halogens is 1. The van der Waals surface area contributed by atoms with Crippen molar-refractivity contribution in [2.75, 3.05) is 13.2 Å². The molecule has 104 valence electrons. The van der Waals surface area contributed by atoms with E-state index in [2.05, 4.69) is 5.32 Å². The van der Waals surface area contributed by atoms with E-state index in [1.165, 1.54) is 6.07 Å². The monoisotopic (exact) mass is 273 g/mol. The molecule has 3 nitrogen and oxygen atoms in total. The third-order valence-electron chi connectivity index (χ3n) is 2.75. The maximum atomic E-state index is 13.4. The number of ether oxygens (including phenoxy) is 1. The van der Waals surface area contributed by atoms with Crippen LogP contribution in [0.5, 0.6) is 5.75 Å². The van der Waals surface area contributed by atoms with Gasteiger partial charge in [-0.05, 0) is 23.8 Å². The lowest BCUT2D eigenvalue weighted by atomic mass is 10.1. The summed E-state index contributed by atoms with van der Waals surface area (Å²) < 4.78 is 18.8. The van der Waals surface area contributed by atoms with Crippen molar-refractivity contribution in [3.63, 3.8) is 0 Å². The van der Waals surface area contributed by atoms with Crippen LogP contribution < -0.4 is 10.1 Å². The topological polar surface area (TPSA) is 38.3 Å². The molecule has 0 aliphatic rings. The quantitative estimate of drug-likeness (QED) is 0.821. The molecule has 0 aliphatic carbocycles. The van der Waals surface area contributed by atoms with Crippen molar-refractivity contribution in [3.05, 3.63) is 66.0 Å². The molecule has 2 aromatic carbocycles. The SMILES string of the molecule is O=C(Cc1ccccc1F)NCCOc1ccccc1. The molecule has 20 heavy (non-hydrogen) atoms. The molecule has 0 atom stereocenters. The number of hydrogen-bond donors (Lipinski definition) is 1. The van der Waals surface area contributed by atoms with E-state index in [0.29, 0.717) is 18.7 Å². The first-order chi connectivity index (χ1) is 9.75. The van der Waals surface area contributed by atoms with Gasteiger partial charge in [-0.15, -0.1) is 0 Å². The average molecular weight is 273 g/mol. The van der Waals surface area contributed by atoms with E-state index in [1.807, 2.05) is 30.3 Å². The highest BCUT2D eigenvalue weighted by Crippen LogP contribution is 2.08. The number of nitrogens with one attached hydrogen (secondary N) is 1. The van der Waals surface area contributed by atoms with E-state index in [4.69, 9.17) is 4.74 Å². The molecule has 2 aromatic rings. The number of carbonyl (C=O) groups is 1. The van der Waals surface area contributed by atoms with Crippen LogP contribution in [-0.2, 0) is 11.2 Å². The van der Waals surface area contributed by atoms with E-state index in [1.54, 1.807) is 18.2 Å². The molecule has 0 radical (unpaired) electrons. The summed E-state index contributed by atoms with van der Waals surface area (Å²) in [6.45, 7) is 0.773. The lowest BCUT2D eigenvalue weighted by molar-refractivity contribution is -0.120. The Kier molecular flexibility index (Phi) is 5.12. The van der Waals surface area contributed by atoms with Crippen LogP contribution in [-0.4, -0.2) is 19.1 Å². The highest BCUT2D eigenvalue weighted by atomic mass is 19.1. The molecule has 0 saturated heterocycles. The largest absolute Gasteiger partial charge is 0.492 e. The van der Waals surface area contributed by atoms with Crippen LogP contribution in [0.4, 0.5) is 4.39 Å². The standard InChI is InChI=1S/C16H16FNO2/c17-15-9-5-4-6-13(15)12-16(19)18-10-11-20-14-7-2-1-3-8-14/h1-9H,10-12H2,(H,18,19). The normalized spacial score (nSPS) is 10.1. The summed E-state index contributed by atoms with van der Waals surface area (Å²) in [6, 6.07) is 15.6. The van der Waals surface area contributed by atoms with Crippen LogP contribution in [0.3, 0.4) is 0 Å². The first kappa shape index (κ1) is 14.1. The highest BCUT2D eigenvalue weighted by molar-refractivity contribution is 5.78. The average Bonchev–Trinajstić information content (AvgIpc) is 2.47. The van der Waals surface area contributed by atoms with E-state index in [0.717, 1.165) is 5.75 Å². The van der Waals surface area contributed by atoms with Crippen LogP contribution in [0.2, 0.25) is 0 Å². The predicted molar refractivity (Wildman–Crippen MR) is 75.1 cm³/mol. The van der Waals surface area contributed by atoms with E-state index in [9.17, 15) is 9.18 Å². The summed E-state index contributed by atoms with van der Waals surface area (Å²) in [4.78, 5) is 11.6. The lowest BCUT2D eigenvalue weighted by Crippen LogP contribution is -2.29. The molecule has 0 saturated carbocycles. The van der Waals surface area contributed by atoms with Gasteiger partial charge in [-0.1, -0.05) is 36.4 Å².